The van der Waals surface area contributed by atoms with Gasteiger partial charge >= 0.3 is 0 Å². The molecule has 1 N–H and O–H groups in total. The summed E-state index contributed by atoms with van der Waals surface area (Å²) in [6.45, 7) is 0.731. The highest BCUT2D eigenvalue weighted by Crippen LogP contribution is 2.31. The highest BCUT2D eigenvalue weighted by molar-refractivity contribution is 7.78. The van der Waals surface area contributed by atoms with E-state index in [0.29, 0.717) is 28.0 Å². The number of rotatable bonds is 4. The van der Waals surface area contributed by atoms with Gasteiger partial charge in [0.15, 0.2) is 23.1 Å². The number of pyridine rings is 1. The zero-order valence-corrected chi connectivity index (χ0v) is 15.8. The molecular formula is C18H19ClFN5S. The molecule has 3 aromatic heterocycles. The van der Waals surface area contributed by atoms with Crippen LogP contribution in [-0.4, -0.2) is 25.5 Å². The molecule has 1 saturated carbocycles. The summed E-state index contributed by atoms with van der Waals surface area (Å²) in [5, 5.41) is 4.45. The zero-order chi connectivity index (χ0) is 18.1. The van der Waals surface area contributed by atoms with Crippen molar-refractivity contribution in [3.05, 3.63) is 35.5 Å². The van der Waals surface area contributed by atoms with E-state index in [4.69, 9.17) is 11.6 Å². The predicted molar refractivity (Wildman–Crippen MR) is 105 cm³/mol. The Kier molecular flexibility index (Phi) is 5.00. The number of thiol groups is 1. The van der Waals surface area contributed by atoms with Crippen molar-refractivity contribution in [1.82, 2.24) is 18.9 Å². The van der Waals surface area contributed by atoms with Crippen LogP contribution in [-0.2, 0) is 0 Å². The van der Waals surface area contributed by atoms with Crippen molar-refractivity contribution in [2.45, 2.75) is 32.1 Å². The van der Waals surface area contributed by atoms with Gasteiger partial charge in [0.05, 0.1) is 11.2 Å². The Labute approximate surface area is 161 Å². The highest BCUT2D eigenvalue weighted by atomic mass is 35.5. The maximum atomic E-state index is 14.2. The Hall–Kier alpha value is -1.86. The molecule has 0 aromatic carbocycles. The smallest absolute Gasteiger partial charge is 0.183 e. The lowest BCUT2D eigenvalue weighted by molar-refractivity contribution is 0.373. The average Bonchev–Trinajstić information content (AvgIpc) is 2.98. The van der Waals surface area contributed by atoms with E-state index in [1.54, 1.807) is 22.4 Å². The van der Waals surface area contributed by atoms with Gasteiger partial charge in [0.1, 0.15) is 0 Å². The summed E-state index contributed by atoms with van der Waals surface area (Å²) < 4.78 is 15.8. The van der Waals surface area contributed by atoms with Gasteiger partial charge in [0, 0.05) is 29.9 Å². The molecule has 0 radical (unpaired) electrons. The van der Waals surface area contributed by atoms with Crippen molar-refractivity contribution in [2.24, 2.45) is 5.92 Å². The molecule has 0 aliphatic heterocycles. The number of fused-ring (bicyclic) bond motifs is 1. The molecule has 5 nitrogen and oxygen atoms in total. The number of anilines is 1. The van der Waals surface area contributed by atoms with Gasteiger partial charge in [-0.3, -0.25) is 3.97 Å². The van der Waals surface area contributed by atoms with Crippen molar-refractivity contribution in [2.75, 3.05) is 11.9 Å². The van der Waals surface area contributed by atoms with Crippen molar-refractivity contribution in [3.8, 4) is 11.4 Å². The molecule has 1 fully saturated rings. The van der Waals surface area contributed by atoms with Crippen LogP contribution in [0.15, 0.2) is 24.7 Å². The van der Waals surface area contributed by atoms with Gasteiger partial charge in [0.2, 0.25) is 0 Å². The lowest BCUT2D eigenvalue weighted by Gasteiger charge is -2.22. The molecule has 136 valence electrons. The van der Waals surface area contributed by atoms with Gasteiger partial charge in [-0.05, 0) is 24.8 Å². The lowest BCUT2D eigenvalue weighted by atomic mass is 9.89. The van der Waals surface area contributed by atoms with Crippen LogP contribution < -0.4 is 5.32 Å². The summed E-state index contributed by atoms with van der Waals surface area (Å²) in [5.41, 5.74) is 1.36. The largest absolute Gasteiger partial charge is 0.367 e. The van der Waals surface area contributed by atoms with Crippen LogP contribution in [0.2, 0.25) is 5.02 Å². The SMILES string of the molecule is Fc1cnc(-c2cn(S)c3ncc(Cl)cc23)nc1NCC1CCCCC1. The van der Waals surface area contributed by atoms with E-state index in [1.165, 1.54) is 38.3 Å². The molecule has 3 aromatic rings. The molecule has 26 heavy (non-hydrogen) atoms. The van der Waals surface area contributed by atoms with Crippen molar-refractivity contribution < 1.29 is 4.39 Å². The number of nitrogens with one attached hydrogen (secondary N) is 1. The minimum Gasteiger partial charge on any atom is -0.367 e. The van der Waals surface area contributed by atoms with Crippen molar-refractivity contribution >= 4 is 41.3 Å². The summed E-state index contributed by atoms with van der Waals surface area (Å²) in [6.07, 6.45) is 10.7. The molecule has 4 rings (SSSR count). The van der Waals surface area contributed by atoms with E-state index in [2.05, 4.69) is 33.1 Å². The maximum absolute atomic E-state index is 14.2. The number of nitrogens with zero attached hydrogens (tertiary/aromatic N) is 4. The normalized spacial score (nSPS) is 15.5. The first-order valence-electron chi connectivity index (χ1n) is 8.74. The number of hydrogen-bond donors (Lipinski definition) is 2. The Morgan fingerprint density at radius 3 is 2.85 bits per heavy atom. The van der Waals surface area contributed by atoms with Gasteiger partial charge in [-0.25, -0.2) is 19.3 Å². The number of halogens is 2. The van der Waals surface area contributed by atoms with Crippen molar-refractivity contribution in [3.63, 3.8) is 0 Å². The fourth-order valence-corrected chi connectivity index (χ4v) is 3.93. The first-order valence-corrected chi connectivity index (χ1v) is 9.52. The van der Waals surface area contributed by atoms with Gasteiger partial charge in [-0.15, -0.1) is 0 Å². The van der Waals surface area contributed by atoms with Crippen LogP contribution in [0.25, 0.3) is 22.4 Å². The molecule has 0 spiro atoms. The van der Waals surface area contributed by atoms with E-state index in [9.17, 15) is 4.39 Å². The maximum Gasteiger partial charge on any atom is 0.183 e. The second-order valence-corrected chi connectivity index (χ2v) is 7.55. The van der Waals surface area contributed by atoms with E-state index < -0.39 is 5.82 Å². The molecule has 0 amide bonds. The minimum absolute atomic E-state index is 0.232. The first kappa shape index (κ1) is 17.5. The average molecular weight is 392 g/mol. The highest BCUT2D eigenvalue weighted by Gasteiger charge is 2.17. The summed E-state index contributed by atoms with van der Waals surface area (Å²) in [7, 11) is 0. The Morgan fingerprint density at radius 2 is 2.04 bits per heavy atom. The van der Waals surface area contributed by atoms with Crippen LogP contribution in [0.1, 0.15) is 32.1 Å². The first-order chi connectivity index (χ1) is 12.6. The molecule has 1 aliphatic carbocycles. The molecule has 8 heteroatoms. The molecule has 0 atom stereocenters. The molecule has 1 aliphatic rings. The molecule has 0 bridgehead atoms. The summed E-state index contributed by atoms with van der Waals surface area (Å²) >= 11 is 10.4. The molecule has 0 unspecified atom stereocenters. The Bertz CT molecular complexity index is 939. The van der Waals surface area contributed by atoms with Crippen molar-refractivity contribution in [1.29, 1.82) is 0 Å². The number of aromatic nitrogens is 4. The summed E-state index contributed by atoms with van der Waals surface area (Å²) in [4.78, 5) is 12.8. The fourth-order valence-electron chi connectivity index (χ4n) is 3.50. The van der Waals surface area contributed by atoms with E-state index >= 15 is 0 Å². The second-order valence-electron chi connectivity index (χ2n) is 6.69. The molecule has 0 saturated heterocycles. The monoisotopic (exact) mass is 391 g/mol. The third-order valence-electron chi connectivity index (χ3n) is 4.86. The van der Waals surface area contributed by atoms with Crippen LogP contribution in [0, 0.1) is 11.7 Å². The predicted octanol–water partition coefficient (Wildman–Crippen LogP) is 4.97. The van der Waals surface area contributed by atoms with Gasteiger partial charge in [0.25, 0.3) is 0 Å². The zero-order valence-electron chi connectivity index (χ0n) is 14.1. The lowest BCUT2D eigenvalue weighted by Crippen LogP contribution is -2.18. The van der Waals surface area contributed by atoms with Crippen LogP contribution in [0.5, 0.6) is 0 Å². The topological polar surface area (TPSA) is 55.6 Å². The van der Waals surface area contributed by atoms with Crippen LogP contribution in [0.3, 0.4) is 0 Å². The third-order valence-corrected chi connectivity index (χ3v) is 5.37. The van der Waals surface area contributed by atoms with E-state index in [-0.39, 0.29) is 5.82 Å². The fraction of sp³-hybridized carbons (Fsp3) is 0.389. The molecule has 3 heterocycles. The minimum atomic E-state index is -0.449. The van der Waals surface area contributed by atoms with E-state index in [0.717, 1.165) is 11.9 Å². The van der Waals surface area contributed by atoms with Gasteiger partial charge in [-0.1, -0.05) is 43.7 Å². The Morgan fingerprint density at radius 1 is 1.23 bits per heavy atom. The molecular weight excluding hydrogens is 373 g/mol. The standard InChI is InChI=1S/C18H19ClFN5S/c19-12-6-13-14(10-25(26)18(13)23-8-12)16-22-9-15(20)17(24-16)21-7-11-4-2-1-3-5-11/h6,8-11,26H,1-5,7H2,(H,21,22,24). The number of hydrogen-bond acceptors (Lipinski definition) is 5. The quantitative estimate of drug-likeness (QED) is 0.616. The van der Waals surface area contributed by atoms with Crippen LogP contribution in [0.4, 0.5) is 10.2 Å². The Balaban J connectivity index is 1.64. The second kappa shape index (κ2) is 7.40. The van der Waals surface area contributed by atoms with Crippen LogP contribution >= 0.6 is 24.4 Å². The third kappa shape index (κ3) is 3.50. The summed E-state index contributed by atoms with van der Waals surface area (Å²) in [5.74, 6) is 0.772. The van der Waals surface area contributed by atoms with Gasteiger partial charge in [-0.2, -0.15) is 0 Å². The summed E-state index contributed by atoms with van der Waals surface area (Å²) in [6, 6.07) is 1.79. The van der Waals surface area contributed by atoms with Gasteiger partial charge < -0.3 is 5.32 Å². The van der Waals surface area contributed by atoms with E-state index in [1.807, 2.05) is 0 Å².